The summed E-state index contributed by atoms with van der Waals surface area (Å²) in [7, 11) is -3.18. The van der Waals surface area contributed by atoms with Gasteiger partial charge in [-0.15, -0.1) is 0 Å². The molecule has 0 unspecified atom stereocenters. The molecule has 0 saturated carbocycles. The van der Waals surface area contributed by atoms with E-state index in [1.807, 2.05) is 13.8 Å². The van der Waals surface area contributed by atoms with Crippen LogP contribution in [-0.4, -0.2) is 60.2 Å². The summed E-state index contributed by atoms with van der Waals surface area (Å²) < 4.78 is 44.1. The topological polar surface area (TPSA) is 116 Å². The number of fused-ring (bicyclic) bond motifs is 1. The number of aromatic nitrogens is 2. The number of ketones is 1. The van der Waals surface area contributed by atoms with Crippen molar-refractivity contribution in [3.8, 4) is 0 Å². The summed E-state index contributed by atoms with van der Waals surface area (Å²) >= 11 is 0. The van der Waals surface area contributed by atoms with E-state index in [1.165, 1.54) is 23.0 Å². The van der Waals surface area contributed by atoms with E-state index in [1.54, 1.807) is 12.1 Å². The zero-order valence-corrected chi connectivity index (χ0v) is 22.0. The van der Waals surface area contributed by atoms with Crippen molar-refractivity contribution >= 4 is 26.5 Å². The monoisotopic (exact) mass is 530 g/mol. The predicted octanol–water partition coefficient (Wildman–Crippen LogP) is 3.07. The number of aliphatic hydroxyl groups is 1. The molecule has 1 saturated heterocycles. The predicted molar refractivity (Wildman–Crippen MR) is 138 cm³/mol. The van der Waals surface area contributed by atoms with E-state index in [4.69, 9.17) is 4.74 Å². The number of carbonyl (C=O) groups excluding carboxylic acids is 1. The third kappa shape index (κ3) is 5.97. The molecule has 3 aromatic rings. The Morgan fingerprint density at radius 2 is 2.00 bits per heavy atom. The molecule has 198 valence electrons. The molecule has 10 heteroatoms. The molecule has 37 heavy (non-hydrogen) atoms. The number of carbonyl (C=O) groups is 1. The van der Waals surface area contributed by atoms with Crippen molar-refractivity contribution in [2.24, 2.45) is 0 Å². The number of ether oxygens (including phenoxy) is 1. The van der Waals surface area contributed by atoms with Gasteiger partial charge in [-0.05, 0) is 73.6 Å². The Hall–Kier alpha value is -2.95. The maximum absolute atomic E-state index is 14.8. The van der Waals surface area contributed by atoms with Crippen LogP contribution < -0.4 is 5.56 Å². The van der Waals surface area contributed by atoms with E-state index in [2.05, 4.69) is 4.98 Å². The van der Waals surface area contributed by atoms with E-state index in [0.29, 0.717) is 35.9 Å². The van der Waals surface area contributed by atoms with Crippen LogP contribution in [0.15, 0.2) is 35.4 Å². The molecule has 0 spiro atoms. The molecule has 2 heterocycles. The van der Waals surface area contributed by atoms with Crippen LogP contribution in [0.5, 0.6) is 0 Å². The van der Waals surface area contributed by atoms with E-state index in [0.717, 1.165) is 22.9 Å². The van der Waals surface area contributed by atoms with Gasteiger partial charge in [-0.3, -0.25) is 14.2 Å². The molecule has 8 nitrogen and oxygen atoms in total. The smallest absolute Gasteiger partial charge is 0.261 e. The summed E-state index contributed by atoms with van der Waals surface area (Å²) in [5, 5.41) is 10.8. The van der Waals surface area contributed by atoms with Crippen LogP contribution in [0.1, 0.15) is 57.9 Å². The Balaban J connectivity index is 1.62. The molecule has 1 aromatic heterocycles. The van der Waals surface area contributed by atoms with E-state index >= 15 is 0 Å². The molecule has 2 aromatic carbocycles. The second-order valence-electron chi connectivity index (χ2n) is 9.78. The van der Waals surface area contributed by atoms with Gasteiger partial charge < -0.3 is 9.84 Å². The number of hydrogen-bond acceptors (Lipinski definition) is 7. The van der Waals surface area contributed by atoms with Gasteiger partial charge in [-0.2, -0.15) is 0 Å². The fourth-order valence-electron chi connectivity index (χ4n) is 4.81. The fourth-order valence-corrected chi connectivity index (χ4v) is 5.48. The molecular formula is C27H31FN2O6S. The number of benzene rings is 2. The lowest BCUT2D eigenvalue weighted by atomic mass is 9.93. The lowest BCUT2D eigenvalue weighted by Gasteiger charge is -2.29. The zero-order valence-electron chi connectivity index (χ0n) is 21.2. The first-order valence-electron chi connectivity index (χ1n) is 12.2. The minimum atomic E-state index is -3.18. The Bertz CT molecular complexity index is 1520. The molecule has 4 rings (SSSR count). The Morgan fingerprint density at radius 1 is 1.24 bits per heavy atom. The van der Waals surface area contributed by atoms with Crippen LogP contribution in [0.3, 0.4) is 0 Å². The highest BCUT2D eigenvalue weighted by molar-refractivity contribution is 7.90. The largest absolute Gasteiger partial charge is 0.389 e. The molecule has 0 radical (unpaired) electrons. The van der Waals surface area contributed by atoms with E-state index in [-0.39, 0.29) is 36.3 Å². The van der Waals surface area contributed by atoms with Crippen LogP contribution in [0.2, 0.25) is 0 Å². The first kappa shape index (κ1) is 27.1. The van der Waals surface area contributed by atoms with Crippen LogP contribution in [0.4, 0.5) is 4.39 Å². The third-order valence-corrected chi connectivity index (χ3v) is 8.07. The Morgan fingerprint density at radius 3 is 2.68 bits per heavy atom. The van der Waals surface area contributed by atoms with E-state index < -0.39 is 33.6 Å². The standard InChI is InChI=1S/C27H31FN2O6S/c1-16-17(2)26-21(27(33)30(15-29-26)23-8-9-36-14-25(23)32)13-19(16)11-18-6-7-20(22(28)12-18)24(31)5-4-10-37(3,34)35/h6-7,12-13,15,23,25,32H,4-5,8-11,14H2,1-3H3/t23-,25-/m0/s1. The summed E-state index contributed by atoms with van der Waals surface area (Å²) in [4.78, 5) is 30.3. The van der Waals surface area contributed by atoms with Gasteiger partial charge >= 0.3 is 0 Å². The van der Waals surface area contributed by atoms with Gasteiger partial charge in [-0.25, -0.2) is 17.8 Å². The van der Waals surface area contributed by atoms with Crippen LogP contribution in [0, 0.1) is 19.7 Å². The first-order chi connectivity index (χ1) is 17.5. The van der Waals surface area contributed by atoms with Crippen LogP contribution in [0.25, 0.3) is 10.9 Å². The van der Waals surface area contributed by atoms with Crippen molar-refractivity contribution in [3.05, 3.63) is 74.6 Å². The van der Waals surface area contributed by atoms with Gasteiger partial charge in [0, 0.05) is 19.3 Å². The molecule has 2 atom stereocenters. The van der Waals surface area contributed by atoms with Gasteiger partial charge in [0.15, 0.2) is 5.78 Å². The second-order valence-corrected chi connectivity index (χ2v) is 12.0. The van der Waals surface area contributed by atoms with Gasteiger partial charge in [-0.1, -0.05) is 6.07 Å². The maximum Gasteiger partial charge on any atom is 0.261 e. The molecule has 1 aliphatic rings. The lowest BCUT2D eigenvalue weighted by Crippen LogP contribution is -2.39. The Kier molecular flexibility index (Phi) is 7.91. The molecule has 1 aliphatic heterocycles. The molecule has 0 bridgehead atoms. The highest BCUT2D eigenvalue weighted by atomic mass is 32.2. The number of sulfone groups is 1. The van der Waals surface area contributed by atoms with Crippen molar-refractivity contribution in [2.45, 2.75) is 51.7 Å². The molecular weight excluding hydrogens is 499 g/mol. The number of aryl methyl sites for hydroxylation is 1. The number of Topliss-reactive ketones (excluding diaryl/α,β-unsaturated/α-hetero) is 1. The summed E-state index contributed by atoms with van der Waals surface area (Å²) in [6.07, 6.45) is 2.73. The van der Waals surface area contributed by atoms with Gasteiger partial charge in [0.2, 0.25) is 0 Å². The van der Waals surface area contributed by atoms with Gasteiger partial charge in [0.05, 0.1) is 47.3 Å². The Labute approximate surface area is 215 Å². The second kappa shape index (κ2) is 10.8. The minimum absolute atomic E-state index is 0.0482. The van der Waals surface area contributed by atoms with Crippen LogP contribution >= 0.6 is 0 Å². The SMILES string of the molecule is Cc1c(Cc2ccc(C(=O)CCCS(C)(=O)=O)c(F)c2)cc2c(=O)n([C@H]3CCOC[C@@H]3O)cnc2c1C. The highest BCUT2D eigenvalue weighted by Gasteiger charge is 2.27. The van der Waals surface area contributed by atoms with Crippen molar-refractivity contribution in [2.75, 3.05) is 25.2 Å². The lowest BCUT2D eigenvalue weighted by molar-refractivity contribution is -0.0395. The number of halogens is 1. The van der Waals surface area contributed by atoms with Crippen molar-refractivity contribution in [1.82, 2.24) is 9.55 Å². The number of nitrogens with zero attached hydrogens (tertiary/aromatic N) is 2. The van der Waals surface area contributed by atoms with Crippen molar-refractivity contribution in [1.29, 1.82) is 0 Å². The van der Waals surface area contributed by atoms with Crippen LogP contribution in [-0.2, 0) is 21.0 Å². The quantitative estimate of drug-likeness (QED) is 0.445. The summed E-state index contributed by atoms with van der Waals surface area (Å²) in [5.41, 5.74) is 3.53. The average Bonchev–Trinajstić information content (AvgIpc) is 2.83. The first-order valence-corrected chi connectivity index (χ1v) is 14.3. The van der Waals surface area contributed by atoms with Crippen molar-refractivity contribution < 1.29 is 27.4 Å². The normalized spacial score (nSPS) is 18.3. The van der Waals surface area contributed by atoms with Gasteiger partial charge in [0.25, 0.3) is 5.56 Å². The molecule has 1 N–H and O–H groups in total. The molecule has 0 aliphatic carbocycles. The molecule has 0 amide bonds. The zero-order chi connectivity index (χ0) is 26.9. The number of aliphatic hydroxyl groups excluding tert-OH is 1. The number of hydrogen-bond donors (Lipinski definition) is 1. The fraction of sp³-hybridized carbons (Fsp3) is 0.444. The average molecular weight is 531 g/mol. The third-order valence-electron chi connectivity index (χ3n) is 7.04. The maximum atomic E-state index is 14.8. The summed E-state index contributed by atoms with van der Waals surface area (Å²) in [5.74, 6) is -1.22. The summed E-state index contributed by atoms with van der Waals surface area (Å²) in [6, 6.07) is 5.77. The van der Waals surface area contributed by atoms with E-state index in [9.17, 15) is 27.5 Å². The summed E-state index contributed by atoms with van der Waals surface area (Å²) in [6.45, 7) is 4.43. The minimum Gasteiger partial charge on any atom is -0.389 e. The number of rotatable bonds is 8. The highest BCUT2D eigenvalue weighted by Crippen LogP contribution is 2.26. The molecule has 1 fully saturated rings. The van der Waals surface area contributed by atoms with Gasteiger partial charge in [0.1, 0.15) is 15.7 Å². The van der Waals surface area contributed by atoms with Crippen molar-refractivity contribution in [3.63, 3.8) is 0 Å².